The molecule has 1 atom stereocenters. The SMILES string of the molecule is CC/C=C\C/C=C\C/C=C\C/C=C\CCCCCCCCCCCCCCCCC(=O)OCC(COC(=O)CCCCCCC/C=C\C/C=C\CCCCC)OC(=O)CCCCCCCCC/C=C\CCCCCCCCC. The maximum atomic E-state index is 12.9. The van der Waals surface area contributed by atoms with Gasteiger partial charge in [0.05, 0.1) is 0 Å². The zero-order chi connectivity index (χ0) is 56.4. The molecule has 0 aromatic heterocycles. The Bertz CT molecular complexity index is 1480. The van der Waals surface area contributed by atoms with Gasteiger partial charge in [-0.05, 0) is 116 Å². The van der Waals surface area contributed by atoms with Crippen LogP contribution < -0.4 is 0 Å². The topological polar surface area (TPSA) is 78.9 Å². The molecule has 6 heteroatoms. The van der Waals surface area contributed by atoms with Gasteiger partial charge in [0.25, 0.3) is 0 Å². The van der Waals surface area contributed by atoms with Crippen LogP contribution in [0.15, 0.2) is 85.1 Å². The lowest BCUT2D eigenvalue weighted by Crippen LogP contribution is -2.30. The monoisotopic (exact) mass is 1090 g/mol. The summed E-state index contributed by atoms with van der Waals surface area (Å²) in [4.78, 5) is 38.4. The summed E-state index contributed by atoms with van der Waals surface area (Å²) in [5, 5.41) is 0. The molecule has 0 saturated heterocycles. The van der Waals surface area contributed by atoms with Gasteiger partial charge in [-0.15, -0.1) is 0 Å². The minimum atomic E-state index is -0.786. The average Bonchev–Trinajstić information content (AvgIpc) is 3.44. The number of ether oxygens (including phenoxy) is 3. The molecule has 78 heavy (non-hydrogen) atoms. The predicted octanol–water partition coefficient (Wildman–Crippen LogP) is 23.1. The van der Waals surface area contributed by atoms with Crippen molar-refractivity contribution in [2.24, 2.45) is 0 Å². The standard InChI is InChI=1S/C72H126O6/c1-4-7-10-13-16-19-22-25-28-30-32-33-34-35-36-37-38-39-40-42-44-47-50-53-56-59-62-65-71(74)77-68-69(67-76-70(73)64-61-58-55-52-49-46-43-27-24-21-18-15-12-9-6-3)78-72(75)66-63-60-57-54-51-48-45-41-31-29-26-23-20-17-14-11-8-5-2/h7,10,16,18-19,21,25,27-29,31-33,43,69H,4-6,8-9,11-15,17,20,22-24,26,30,34-42,44-68H2,1-3H3/b10-7-,19-16-,21-18-,28-25-,31-29-,33-32-,43-27-. The summed E-state index contributed by atoms with van der Waals surface area (Å²) < 4.78 is 17.0. The van der Waals surface area contributed by atoms with E-state index in [1.165, 1.54) is 193 Å². The fourth-order valence-electron chi connectivity index (χ4n) is 9.58. The Hall–Kier alpha value is -3.41. The first-order valence-corrected chi connectivity index (χ1v) is 33.6. The summed E-state index contributed by atoms with van der Waals surface area (Å²) in [6, 6.07) is 0. The van der Waals surface area contributed by atoms with Crippen molar-refractivity contribution in [1.29, 1.82) is 0 Å². The van der Waals surface area contributed by atoms with Crippen LogP contribution in [0.25, 0.3) is 0 Å². The molecule has 0 aliphatic carbocycles. The van der Waals surface area contributed by atoms with Gasteiger partial charge in [-0.25, -0.2) is 0 Å². The molecule has 0 fully saturated rings. The number of carbonyl (C=O) groups excluding carboxylic acids is 3. The van der Waals surface area contributed by atoms with Crippen LogP contribution in [0.3, 0.4) is 0 Å². The van der Waals surface area contributed by atoms with Crippen LogP contribution >= 0.6 is 0 Å². The Kier molecular flexibility index (Phi) is 63.2. The molecular weight excluding hydrogens is 961 g/mol. The minimum Gasteiger partial charge on any atom is -0.462 e. The second kappa shape index (κ2) is 66.1. The maximum Gasteiger partial charge on any atom is 0.306 e. The van der Waals surface area contributed by atoms with Crippen molar-refractivity contribution < 1.29 is 28.6 Å². The van der Waals surface area contributed by atoms with E-state index in [1.807, 2.05) is 0 Å². The molecule has 0 spiro atoms. The second-order valence-electron chi connectivity index (χ2n) is 22.3. The van der Waals surface area contributed by atoms with E-state index in [2.05, 4.69) is 106 Å². The van der Waals surface area contributed by atoms with Gasteiger partial charge in [0.2, 0.25) is 0 Å². The molecular formula is C72H126O6. The second-order valence-corrected chi connectivity index (χ2v) is 22.3. The summed E-state index contributed by atoms with van der Waals surface area (Å²) >= 11 is 0. The number of hydrogen-bond donors (Lipinski definition) is 0. The number of allylic oxidation sites excluding steroid dienone is 14. The van der Waals surface area contributed by atoms with Crippen LogP contribution in [0.1, 0.15) is 335 Å². The number of hydrogen-bond acceptors (Lipinski definition) is 6. The fourth-order valence-corrected chi connectivity index (χ4v) is 9.58. The summed E-state index contributed by atoms with van der Waals surface area (Å²) in [7, 11) is 0. The summed E-state index contributed by atoms with van der Waals surface area (Å²) in [5.74, 6) is -0.884. The maximum absolute atomic E-state index is 12.9. The van der Waals surface area contributed by atoms with E-state index in [0.717, 1.165) is 103 Å². The zero-order valence-corrected chi connectivity index (χ0v) is 51.7. The number of carbonyl (C=O) groups is 3. The molecule has 0 bridgehead atoms. The molecule has 0 N–H and O–H groups in total. The first-order chi connectivity index (χ1) is 38.5. The molecule has 0 amide bonds. The minimum absolute atomic E-state index is 0.0808. The Balaban J connectivity index is 4.30. The Morgan fingerprint density at radius 1 is 0.269 bits per heavy atom. The van der Waals surface area contributed by atoms with Crippen LogP contribution in [-0.2, 0) is 28.6 Å². The van der Waals surface area contributed by atoms with E-state index in [9.17, 15) is 14.4 Å². The van der Waals surface area contributed by atoms with Crippen molar-refractivity contribution in [2.75, 3.05) is 13.2 Å². The van der Waals surface area contributed by atoms with Gasteiger partial charge in [0.15, 0.2) is 6.10 Å². The highest BCUT2D eigenvalue weighted by Crippen LogP contribution is 2.17. The fraction of sp³-hybridized carbons (Fsp3) is 0.764. The molecule has 0 radical (unpaired) electrons. The molecule has 0 aromatic carbocycles. The van der Waals surface area contributed by atoms with Crippen LogP contribution in [0.5, 0.6) is 0 Å². The van der Waals surface area contributed by atoms with E-state index in [4.69, 9.17) is 14.2 Å². The molecule has 6 nitrogen and oxygen atoms in total. The summed E-state index contributed by atoms with van der Waals surface area (Å²) in [6.45, 7) is 6.52. The van der Waals surface area contributed by atoms with E-state index in [0.29, 0.717) is 19.3 Å². The Morgan fingerprint density at radius 2 is 0.500 bits per heavy atom. The van der Waals surface area contributed by atoms with Crippen molar-refractivity contribution in [3.63, 3.8) is 0 Å². The molecule has 450 valence electrons. The zero-order valence-electron chi connectivity index (χ0n) is 51.7. The van der Waals surface area contributed by atoms with Crippen LogP contribution in [-0.4, -0.2) is 37.2 Å². The van der Waals surface area contributed by atoms with Gasteiger partial charge in [-0.1, -0.05) is 286 Å². The highest BCUT2D eigenvalue weighted by Gasteiger charge is 2.19. The van der Waals surface area contributed by atoms with E-state index in [1.54, 1.807) is 0 Å². The molecule has 0 saturated carbocycles. The predicted molar refractivity (Wildman–Crippen MR) is 339 cm³/mol. The third-order valence-electron chi connectivity index (χ3n) is 14.6. The third-order valence-corrected chi connectivity index (χ3v) is 14.6. The molecule has 1 unspecified atom stereocenters. The van der Waals surface area contributed by atoms with Gasteiger partial charge in [0.1, 0.15) is 13.2 Å². The number of esters is 3. The van der Waals surface area contributed by atoms with Crippen LogP contribution in [0, 0.1) is 0 Å². The first kappa shape index (κ1) is 74.6. The third kappa shape index (κ3) is 63.4. The van der Waals surface area contributed by atoms with Gasteiger partial charge in [0, 0.05) is 19.3 Å². The van der Waals surface area contributed by atoms with Crippen LogP contribution in [0.2, 0.25) is 0 Å². The molecule has 0 aliphatic rings. The smallest absolute Gasteiger partial charge is 0.306 e. The van der Waals surface area contributed by atoms with Crippen molar-refractivity contribution in [2.45, 2.75) is 341 Å². The highest BCUT2D eigenvalue weighted by atomic mass is 16.6. The quantitative estimate of drug-likeness (QED) is 0.0261. The molecule has 0 rings (SSSR count). The van der Waals surface area contributed by atoms with Crippen LogP contribution in [0.4, 0.5) is 0 Å². The molecule has 0 heterocycles. The summed E-state index contributed by atoms with van der Waals surface area (Å²) in [6.07, 6.45) is 87.4. The molecule has 0 aromatic rings. The van der Waals surface area contributed by atoms with Crippen molar-refractivity contribution in [3.05, 3.63) is 85.1 Å². The van der Waals surface area contributed by atoms with E-state index in [-0.39, 0.29) is 31.1 Å². The van der Waals surface area contributed by atoms with Gasteiger partial charge >= 0.3 is 17.9 Å². The van der Waals surface area contributed by atoms with Gasteiger partial charge in [-0.2, -0.15) is 0 Å². The first-order valence-electron chi connectivity index (χ1n) is 33.6. The molecule has 0 aliphatic heterocycles. The lowest BCUT2D eigenvalue weighted by Gasteiger charge is -2.18. The van der Waals surface area contributed by atoms with Crippen molar-refractivity contribution >= 4 is 17.9 Å². The van der Waals surface area contributed by atoms with Crippen molar-refractivity contribution in [1.82, 2.24) is 0 Å². The van der Waals surface area contributed by atoms with Gasteiger partial charge < -0.3 is 14.2 Å². The Morgan fingerprint density at radius 3 is 0.821 bits per heavy atom. The lowest BCUT2D eigenvalue weighted by molar-refractivity contribution is -0.167. The van der Waals surface area contributed by atoms with Gasteiger partial charge in [-0.3, -0.25) is 14.4 Å². The number of rotatable bonds is 61. The summed E-state index contributed by atoms with van der Waals surface area (Å²) in [5.41, 5.74) is 0. The normalized spacial score (nSPS) is 12.6. The van der Waals surface area contributed by atoms with Crippen molar-refractivity contribution in [3.8, 4) is 0 Å². The largest absolute Gasteiger partial charge is 0.462 e. The Labute approximate surface area is 484 Å². The highest BCUT2D eigenvalue weighted by molar-refractivity contribution is 5.71. The lowest BCUT2D eigenvalue weighted by atomic mass is 10.0. The van der Waals surface area contributed by atoms with E-state index >= 15 is 0 Å². The van der Waals surface area contributed by atoms with E-state index < -0.39 is 6.10 Å². The number of unbranched alkanes of at least 4 members (excludes halogenated alkanes) is 36. The average molecular weight is 1090 g/mol.